The van der Waals surface area contributed by atoms with Gasteiger partial charge in [0, 0.05) is 6.04 Å². The Labute approximate surface area is 68.8 Å². The molecule has 0 spiro atoms. The Morgan fingerprint density at radius 1 is 1.27 bits per heavy atom. The first-order chi connectivity index (χ1) is 4.61. The smallest absolute Gasteiger partial charge is 0.313 e. The summed E-state index contributed by atoms with van der Waals surface area (Å²) in [5, 5.41) is 2.83. The van der Waals surface area contributed by atoms with E-state index in [2.05, 4.69) is 5.32 Å². The molecule has 1 heterocycles. The minimum Gasteiger partial charge on any atom is -0.313 e. The van der Waals surface area contributed by atoms with E-state index in [0.29, 0.717) is 6.42 Å². The fraction of sp³-hybridized carbons (Fsp3) is 1.00. The zero-order valence-corrected chi connectivity index (χ0v) is 6.50. The molecule has 11 heavy (non-hydrogen) atoms. The van der Waals surface area contributed by atoms with Crippen molar-refractivity contribution in [2.45, 2.75) is 18.6 Å². The molecule has 0 aromatic rings. The van der Waals surface area contributed by atoms with Crippen LogP contribution in [0.5, 0.6) is 0 Å². The molecule has 66 valence electrons. The normalized spacial score (nSPS) is 41.2. The van der Waals surface area contributed by atoms with Gasteiger partial charge >= 0.3 is 6.18 Å². The van der Waals surface area contributed by atoms with Gasteiger partial charge in [-0.3, -0.25) is 0 Å². The number of alkyl halides is 3. The predicted molar refractivity (Wildman–Crippen MR) is 36.7 cm³/mol. The Balaban J connectivity index is 0.000000605. The predicted octanol–water partition coefficient (Wildman–Crippen LogP) is 1.58. The van der Waals surface area contributed by atoms with Crippen molar-refractivity contribution in [2.75, 3.05) is 6.54 Å². The van der Waals surface area contributed by atoms with Crippen molar-refractivity contribution >= 4 is 12.4 Å². The Hall–Kier alpha value is 0.0400. The van der Waals surface area contributed by atoms with Crippen LogP contribution in [0.4, 0.5) is 13.2 Å². The van der Waals surface area contributed by atoms with Crippen LogP contribution in [0.15, 0.2) is 0 Å². The average molecular weight is 188 g/mol. The highest BCUT2D eigenvalue weighted by molar-refractivity contribution is 5.85. The number of piperidine rings is 1. The first-order valence-corrected chi connectivity index (χ1v) is 3.41. The van der Waals surface area contributed by atoms with Crippen LogP contribution in [0.25, 0.3) is 0 Å². The summed E-state index contributed by atoms with van der Waals surface area (Å²) in [6.07, 6.45) is -3.25. The van der Waals surface area contributed by atoms with E-state index >= 15 is 0 Å². The monoisotopic (exact) mass is 187 g/mol. The van der Waals surface area contributed by atoms with Gasteiger partial charge in [-0.1, -0.05) is 0 Å². The van der Waals surface area contributed by atoms with Crippen molar-refractivity contribution in [1.82, 2.24) is 5.32 Å². The average Bonchev–Trinajstić information content (AvgIpc) is 2.30. The van der Waals surface area contributed by atoms with Crippen LogP contribution in [0.2, 0.25) is 0 Å². The SMILES string of the molecule is Cl.FC(F)(F)C1C2CCNC21. The molecule has 2 aliphatic rings. The van der Waals surface area contributed by atoms with E-state index in [4.69, 9.17) is 0 Å². The quantitative estimate of drug-likeness (QED) is 0.607. The molecule has 3 unspecified atom stereocenters. The first kappa shape index (κ1) is 9.13. The van der Waals surface area contributed by atoms with Gasteiger partial charge in [-0.05, 0) is 18.9 Å². The third kappa shape index (κ3) is 1.34. The molecule has 1 N–H and O–H groups in total. The highest BCUT2D eigenvalue weighted by atomic mass is 35.5. The number of hydrogen-bond donors (Lipinski definition) is 1. The maximum atomic E-state index is 11.9. The Kier molecular flexibility index (Phi) is 2.09. The Morgan fingerprint density at radius 2 is 1.91 bits per heavy atom. The van der Waals surface area contributed by atoms with Gasteiger partial charge in [-0.2, -0.15) is 13.2 Å². The summed E-state index contributed by atoms with van der Waals surface area (Å²) < 4.78 is 35.8. The molecule has 0 aromatic carbocycles. The lowest BCUT2D eigenvalue weighted by Crippen LogP contribution is -2.24. The molecule has 1 aliphatic heterocycles. The lowest BCUT2D eigenvalue weighted by Gasteiger charge is -2.07. The third-order valence-corrected chi connectivity index (χ3v) is 2.40. The molecule has 0 bridgehead atoms. The van der Waals surface area contributed by atoms with Gasteiger partial charge in [0.2, 0.25) is 0 Å². The molecule has 1 saturated heterocycles. The summed E-state index contributed by atoms with van der Waals surface area (Å²) in [6.45, 7) is 0.766. The molecule has 5 heteroatoms. The lowest BCUT2D eigenvalue weighted by atomic mass is 10.2. The number of halogens is 4. The van der Waals surface area contributed by atoms with E-state index in [1.807, 2.05) is 0 Å². The van der Waals surface area contributed by atoms with Gasteiger partial charge in [-0.25, -0.2) is 0 Å². The van der Waals surface area contributed by atoms with Crippen molar-refractivity contribution in [3.8, 4) is 0 Å². The van der Waals surface area contributed by atoms with Crippen LogP contribution in [-0.2, 0) is 0 Å². The molecule has 0 amide bonds. The maximum absolute atomic E-state index is 11.9. The van der Waals surface area contributed by atoms with Crippen LogP contribution in [0, 0.1) is 11.8 Å². The molecule has 1 aliphatic carbocycles. The molecular formula is C6H9ClF3N. The van der Waals surface area contributed by atoms with E-state index in [1.54, 1.807) is 0 Å². The van der Waals surface area contributed by atoms with Crippen LogP contribution in [0.3, 0.4) is 0 Å². The summed E-state index contributed by atoms with van der Waals surface area (Å²) in [7, 11) is 0. The second-order valence-electron chi connectivity index (χ2n) is 3.00. The standard InChI is InChI=1S/C6H8F3N.ClH/c7-6(8,9)4-3-1-2-10-5(3)4;/h3-5,10H,1-2H2;1H. The molecule has 1 saturated carbocycles. The molecule has 2 rings (SSSR count). The van der Waals surface area contributed by atoms with Crippen molar-refractivity contribution in [3.05, 3.63) is 0 Å². The zero-order valence-electron chi connectivity index (χ0n) is 5.69. The van der Waals surface area contributed by atoms with Crippen LogP contribution in [0.1, 0.15) is 6.42 Å². The number of rotatable bonds is 0. The summed E-state index contributed by atoms with van der Waals surface area (Å²) in [5.74, 6) is -1.12. The topological polar surface area (TPSA) is 12.0 Å². The van der Waals surface area contributed by atoms with E-state index in [0.717, 1.165) is 6.54 Å². The fourth-order valence-corrected chi connectivity index (χ4v) is 1.87. The van der Waals surface area contributed by atoms with Gasteiger partial charge in [0.15, 0.2) is 0 Å². The third-order valence-electron chi connectivity index (χ3n) is 2.40. The van der Waals surface area contributed by atoms with Gasteiger partial charge in [0.05, 0.1) is 5.92 Å². The second kappa shape index (κ2) is 2.52. The molecule has 3 atom stereocenters. The highest BCUT2D eigenvalue weighted by Gasteiger charge is 2.65. The first-order valence-electron chi connectivity index (χ1n) is 3.41. The molecule has 0 radical (unpaired) electrons. The van der Waals surface area contributed by atoms with Crippen LogP contribution < -0.4 is 5.32 Å². The van der Waals surface area contributed by atoms with Crippen LogP contribution in [-0.4, -0.2) is 18.8 Å². The lowest BCUT2D eigenvalue weighted by molar-refractivity contribution is -0.153. The Morgan fingerprint density at radius 3 is 2.18 bits per heavy atom. The summed E-state index contributed by atoms with van der Waals surface area (Å²) >= 11 is 0. The maximum Gasteiger partial charge on any atom is 0.393 e. The fourth-order valence-electron chi connectivity index (χ4n) is 1.87. The van der Waals surface area contributed by atoms with E-state index < -0.39 is 12.1 Å². The molecule has 2 fully saturated rings. The summed E-state index contributed by atoms with van der Waals surface area (Å²) in [5.41, 5.74) is 0. The Bertz CT molecular complexity index is 148. The van der Waals surface area contributed by atoms with Crippen molar-refractivity contribution in [1.29, 1.82) is 0 Å². The minimum absolute atomic E-state index is 0. The van der Waals surface area contributed by atoms with E-state index in [1.165, 1.54) is 0 Å². The van der Waals surface area contributed by atoms with Crippen LogP contribution >= 0.6 is 12.4 Å². The van der Waals surface area contributed by atoms with Gasteiger partial charge in [-0.15, -0.1) is 12.4 Å². The van der Waals surface area contributed by atoms with Crippen molar-refractivity contribution in [2.24, 2.45) is 11.8 Å². The number of hydrogen-bond acceptors (Lipinski definition) is 1. The van der Waals surface area contributed by atoms with Gasteiger partial charge in [0.25, 0.3) is 0 Å². The number of fused-ring (bicyclic) bond motifs is 1. The van der Waals surface area contributed by atoms with Gasteiger partial charge in [0.1, 0.15) is 0 Å². The highest BCUT2D eigenvalue weighted by Crippen LogP contribution is 2.54. The number of nitrogens with one attached hydrogen (secondary N) is 1. The van der Waals surface area contributed by atoms with E-state index in [9.17, 15) is 13.2 Å². The van der Waals surface area contributed by atoms with Crippen molar-refractivity contribution in [3.63, 3.8) is 0 Å². The molecule has 0 aromatic heterocycles. The second-order valence-corrected chi connectivity index (χ2v) is 3.00. The molecular weight excluding hydrogens is 179 g/mol. The summed E-state index contributed by atoms with van der Waals surface area (Å²) in [4.78, 5) is 0. The summed E-state index contributed by atoms with van der Waals surface area (Å²) in [6, 6.07) is -0.236. The van der Waals surface area contributed by atoms with Gasteiger partial charge < -0.3 is 5.32 Å². The minimum atomic E-state index is -3.96. The molecule has 1 nitrogen and oxygen atoms in total. The zero-order chi connectivity index (χ0) is 7.35. The van der Waals surface area contributed by atoms with E-state index in [-0.39, 0.29) is 24.4 Å². The largest absolute Gasteiger partial charge is 0.393 e. The van der Waals surface area contributed by atoms with Crippen molar-refractivity contribution < 1.29 is 13.2 Å².